The number of β-amino-alcohol motifs (C(OH)–C–C–N with tert-alkyl or cyclic N) is 1. The molecule has 4 aliphatic heterocycles. The number of aliphatic hydroxyl groups excluding tert-OH is 1. The van der Waals surface area contributed by atoms with E-state index < -0.39 is 23.5 Å². The van der Waals surface area contributed by atoms with Gasteiger partial charge in [-0.25, -0.2) is 0 Å². The molecule has 0 aliphatic carbocycles. The molecule has 2 atom stereocenters. The van der Waals surface area contributed by atoms with Crippen molar-refractivity contribution < 1.29 is 38.5 Å². The topological polar surface area (TPSA) is 129 Å². The Labute approximate surface area is 443 Å². The van der Waals surface area contributed by atoms with E-state index in [2.05, 4.69) is 23.6 Å². The van der Waals surface area contributed by atoms with E-state index in [-0.39, 0.29) is 30.9 Å². The first-order valence-electron chi connectivity index (χ1n) is 27.3. The highest BCUT2D eigenvalue weighted by Gasteiger charge is 2.43. The van der Waals surface area contributed by atoms with Crippen molar-refractivity contribution in [2.75, 3.05) is 69.9 Å². The summed E-state index contributed by atoms with van der Waals surface area (Å²) in [5.41, 5.74) is 4.79. The lowest BCUT2D eigenvalue weighted by Gasteiger charge is -2.37. The zero-order chi connectivity index (χ0) is 52.4. The van der Waals surface area contributed by atoms with Crippen molar-refractivity contribution in [2.24, 2.45) is 5.92 Å². The molecule has 4 aliphatic rings. The Balaban J connectivity index is 0.978. The fourth-order valence-electron chi connectivity index (χ4n) is 13.0. The van der Waals surface area contributed by atoms with Crippen molar-refractivity contribution in [3.63, 3.8) is 0 Å². The summed E-state index contributed by atoms with van der Waals surface area (Å²) in [6.07, 6.45) is 6.61. The maximum Gasteiger partial charge on any atom is 0.261 e. The average Bonchev–Trinajstić information content (AvgIpc) is 4.21. The van der Waals surface area contributed by atoms with Crippen LogP contribution >= 0.6 is 0 Å². The van der Waals surface area contributed by atoms with Gasteiger partial charge in [0.1, 0.15) is 17.1 Å². The van der Waals surface area contributed by atoms with Crippen LogP contribution in [0.25, 0.3) is 43.1 Å². The van der Waals surface area contributed by atoms with Gasteiger partial charge in [0, 0.05) is 87.5 Å². The van der Waals surface area contributed by atoms with E-state index in [4.69, 9.17) is 14.2 Å². The quantitative estimate of drug-likeness (QED) is 0.0384. The van der Waals surface area contributed by atoms with Crippen LogP contribution in [0.1, 0.15) is 123 Å². The van der Waals surface area contributed by atoms with Gasteiger partial charge in [0.2, 0.25) is 0 Å². The minimum absolute atomic E-state index is 0.210. The molecule has 8 aromatic carbocycles. The van der Waals surface area contributed by atoms with Crippen LogP contribution < -0.4 is 19.3 Å². The van der Waals surface area contributed by atoms with Crippen molar-refractivity contribution in [1.82, 2.24) is 9.80 Å². The number of carbonyl (C=O) groups is 4. The predicted octanol–water partition coefficient (Wildman–Crippen LogP) is 11.7. The number of anilines is 2. The van der Waals surface area contributed by atoms with Crippen LogP contribution in [0.5, 0.6) is 11.5 Å². The summed E-state index contributed by atoms with van der Waals surface area (Å²) in [7, 11) is 3.23. The Morgan fingerprint density at radius 1 is 0.526 bits per heavy atom. The van der Waals surface area contributed by atoms with Crippen LogP contribution in [0, 0.1) is 5.92 Å². The third-order valence-electron chi connectivity index (χ3n) is 16.9. The number of aliphatic hydroxyl groups is 1. The van der Waals surface area contributed by atoms with E-state index in [1.807, 2.05) is 115 Å². The zero-order valence-electron chi connectivity index (χ0n) is 43.8. The summed E-state index contributed by atoms with van der Waals surface area (Å²) in [4.78, 5) is 67.6. The molecule has 4 heterocycles. The second kappa shape index (κ2) is 19.9. The number of nitrogens with zero attached hydrogens (tertiary/aromatic N) is 4. The standard InChI is InChI=1S/C64H64N4O8/c1-5-7-15-39(6-2)36-67-60(70)48-28-26-46-57-53(66-32-13-14-33-66)35-51-55-49(29-27-47(59(55)57)56-52(65-30-11-12-31-65)34-50(62(67)72)54(48)58(46)56)61(71)68(63(51)73)37-43(69)38-76-64(40-16-9-8-10-17-40,41-18-22-44(74-3)23-19-41)42-20-24-45(75-4)25-21-42/h8-10,16-29,34-35,39,43,69H,5-7,11-15,30-33,36-38H2,1-4H3/t39?,43-/m0/s1. The SMILES string of the molecule is CCCCC(CC)CN1C(=O)c2ccc3c4c(N5CCCC5)cc5c6c(ccc(c7c(N8CCCC8)cc(c2c37)C1=O)c64)C(=O)N(C[C@H](O)COC(c1ccccc1)(c1ccc(OC)cc1)c1ccc(OC)cc1)C5=O. The molecule has 1 N–H and O–H groups in total. The molecule has 12 heteroatoms. The van der Waals surface area contributed by atoms with Gasteiger partial charge in [0.05, 0.1) is 44.6 Å². The fraction of sp³-hybridized carbons (Fsp3) is 0.344. The second-order valence-corrected chi connectivity index (χ2v) is 21.2. The highest BCUT2D eigenvalue weighted by atomic mass is 16.5. The van der Waals surface area contributed by atoms with Crippen molar-refractivity contribution in [3.8, 4) is 11.5 Å². The minimum Gasteiger partial charge on any atom is -0.497 e. The number of carbonyl (C=O) groups excluding carboxylic acids is 4. The van der Waals surface area contributed by atoms with E-state index in [0.717, 1.165) is 138 Å². The lowest BCUT2D eigenvalue weighted by Crippen LogP contribution is -2.46. The van der Waals surface area contributed by atoms with Gasteiger partial charge < -0.3 is 29.1 Å². The lowest BCUT2D eigenvalue weighted by molar-refractivity contribution is -0.0432. The van der Waals surface area contributed by atoms with Gasteiger partial charge in [-0.1, -0.05) is 99.8 Å². The number of hydrogen-bond acceptors (Lipinski definition) is 10. The first-order valence-corrected chi connectivity index (χ1v) is 27.3. The smallest absolute Gasteiger partial charge is 0.261 e. The normalized spacial score (nSPS) is 16.6. The number of methoxy groups -OCH3 is 2. The molecule has 2 fully saturated rings. The molecule has 0 saturated carbocycles. The fourth-order valence-corrected chi connectivity index (χ4v) is 13.0. The van der Waals surface area contributed by atoms with Crippen LogP contribution in [-0.4, -0.2) is 105 Å². The number of hydrogen-bond donors (Lipinski definition) is 1. The Hall–Kier alpha value is -7.54. The van der Waals surface area contributed by atoms with Gasteiger partial charge in [-0.15, -0.1) is 0 Å². The molecule has 8 aromatic rings. The maximum atomic E-state index is 15.4. The van der Waals surface area contributed by atoms with Crippen LogP contribution in [0.3, 0.4) is 0 Å². The highest BCUT2D eigenvalue weighted by Crippen LogP contribution is 2.53. The number of imide groups is 2. The van der Waals surface area contributed by atoms with E-state index >= 15 is 9.59 Å². The van der Waals surface area contributed by atoms with E-state index in [0.29, 0.717) is 51.1 Å². The summed E-state index contributed by atoms with van der Waals surface area (Å²) in [6, 6.07) is 36.8. The number of rotatable bonds is 18. The molecule has 0 spiro atoms. The molecule has 388 valence electrons. The largest absolute Gasteiger partial charge is 0.497 e. The third-order valence-corrected chi connectivity index (χ3v) is 16.9. The number of ether oxygens (including phenoxy) is 3. The number of amides is 4. The first kappa shape index (κ1) is 49.3. The number of unbranched alkanes of at least 4 members (excludes halogenated alkanes) is 1. The van der Waals surface area contributed by atoms with Crippen molar-refractivity contribution in [1.29, 1.82) is 0 Å². The monoisotopic (exact) mass is 1020 g/mol. The first-order chi connectivity index (χ1) is 37.1. The van der Waals surface area contributed by atoms with E-state index in [9.17, 15) is 14.7 Å². The Kier molecular flexibility index (Phi) is 12.9. The molecule has 76 heavy (non-hydrogen) atoms. The average molecular weight is 1020 g/mol. The Bertz CT molecular complexity index is 3520. The van der Waals surface area contributed by atoms with Crippen molar-refractivity contribution in [3.05, 3.63) is 154 Å². The third kappa shape index (κ3) is 7.85. The van der Waals surface area contributed by atoms with Gasteiger partial charge in [-0.3, -0.25) is 29.0 Å². The van der Waals surface area contributed by atoms with Crippen LogP contribution in [0.4, 0.5) is 11.4 Å². The maximum absolute atomic E-state index is 15.4. The molecule has 1 unspecified atom stereocenters. The highest BCUT2D eigenvalue weighted by molar-refractivity contribution is 6.44. The molecular formula is C64H64N4O8. The minimum atomic E-state index is -1.29. The molecule has 12 nitrogen and oxygen atoms in total. The molecular weight excluding hydrogens is 953 g/mol. The van der Waals surface area contributed by atoms with Gasteiger partial charge in [0.25, 0.3) is 23.6 Å². The van der Waals surface area contributed by atoms with Crippen LogP contribution in [0.15, 0.2) is 115 Å². The van der Waals surface area contributed by atoms with Gasteiger partial charge >= 0.3 is 0 Å². The van der Waals surface area contributed by atoms with Gasteiger partial charge in [-0.05, 0) is 114 Å². The summed E-state index contributed by atoms with van der Waals surface area (Å²) in [6.45, 7) is 7.32. The molecule has 0 radical (unpaired) electrons. The van der Waals surface area contributed by atoms with Gasteiger partial charge in [-0.2, -0.15) is 0 Å². The molecule has 2 saturated heterocycles. The molecule has 0 bridgehead atoms. The summed E-state index contributed by atoms with van der Waals surface area (Å²) < 4.78 is 18.1. The Morgan fingerprint density at radius 3 is 1.42 bits per heavy atom. The number of benzene rings is 8. The second-order valence-electron chi connectivity index (χ2n) is 21.2. The van der Waals surface area contributed by atoms with E-state index in [1.54, 1.807) is 14.2 Å². The van der Waals surface area contributed by atoms with Crippen molar-refractivity contribution >= 4 is 78.1 Å². The van der Waals surface area contributed by atoms with Crippen LogP contribution in [-0.2, 0) is 10.3 Å². The molecule has 12 rings (SSSR count). The van der Waals surface area contributed by atoms with Crippen molar-refractivity contribution in [2.45, 2.75) is 76.9 Å². The zero-order valence-corrected chi connectivity index (χ0v) is 43.8. The number of fused-ring (bicyclic) bond motifs is 2. The Morgan fingerprint density at radius 2 is 0.974 bits per heavy atom. The predicted molar refractivity (Wildman–Crippen MR) is 299 cm³/mol. The van der Waals surface area contributed by atoms with Gasteiger partial charge in [0.15, 0.2) is 0 Å². The molecule has 0 aromatic heterocycles. The summed E-state index contributed by atoms with van der Waals surface area (Å²) >= 11 is 0. The van der Waals surface area contributed by atoms with E-state index in [1.165, 1.54) is 9.80 Å². The molecule has 4 amide bonds. The summed E-state index contributed by atoms with van der Waals surface area (Å²) in [5.74, 6) is 0.0585. The lowest BCUT2D eigenvalue weighted by atomic mass is 9.80. The van der Waals surface area contributed by atoms with Crippen LogP contribution in [0.2, 0.25) is 0 Å². The summed E-state index contributed by atoms with van der Waals surface area (Å²) in [5, 5.41) is 18.7.